The summed E-state index contributed by atoms with van der Waals surface area (Å²) in [5.41, 5.74) is 2.17. The van der Waals surface area contributed by atoms with E-state index in [-0.39, 0.29) is 13.2 Å². The quantitative estimate of drug-likeness (QED) is 0.115. The van der Waals surface area contributed by atoms with Crippen LogP contribution in [-0.4, -0.2) is 54.2 Å². The van der Waals surface area contributed by atoms with Crippen LogP contribution < -0.4 is 0 Å². The highest BCUT2D eigenvalue weighted by Crippen LogP contribution is 2.42. The smallest absolute Gasteiger partial charge is 0.303 e. The van der Waals surface area contributed by atoms with Gasteiger partial charge < -0.3 is 23.7 Å². The van der Waals surface area contributed by atoms with E-state index in [0.717, 1.165) is 28.0 Å². The Hall–Kier alpha value is -3.95. The number of rotatable bonds is 13. The molecular weight excluding hydrogens is 600 g/mol. The zero-order valence-electron chi connectivity index (χ0n) is 26.3. The van der Waals surface area contributed by atoms with E-state index >= 15 is 0 Å². The van der Waals surface area contributed by atoms with Crippen LogP contribution in [-0.2, 0) is 45.5 Å². The van der Waals surface area contributed by atoms with E-state index in [4.69, 9.17) is 23.7 Å². The Balaban J connectivity index is 1.55. The minimum absolute atomic E-state index is 0.0145. The van der Waals surface area contributed by atoms with Crippen molar-refractivity contribution >= 4 is 23.7 Å². The van der Waals surface area contributed by atoms with Crippen LogP contribution in [0.1, 0.15) is 43.0 Å². The standard InChI is InChI=1S/C38H40O7S/c1-4-46-37-36(41-25-29-17-9-5-10-18-29)35(44-28(3)40)34(43-27(2)39)33(45-37)26-42-38(30-19-11-6-12-20-30,31-21-13-7-14-22-31)32-23-15-8-16-24-32/h5-24,33-37H,4,25-26H2,1-3H3. The Kier molecular flexibility index (Phi) is 11.7. The molecule has 5 rings (SSSR count). The number of carbonyl (C=O) groups is 2. The first-order valence-corrected chi connectivity index (χ1v) is 16.5. The lowest BCUT2D eigenvalue weighted by molar-refractivity contribution is -0.245. The van der Waals surface area contributed by atoms with Gasteiger partial charge in [-0.05, 0) is 28.0 Å². The molecule has 0 amide bonds. The number of hydrogen-bond donors (Lipinski definition) is 0. The van der Waals surface area contributed by atoms with Gasteiger partial charge in [-0.25, -0.2) is 0 Å². The van der Waals surface area contributed by atoms with Gasteiger partial charge in [0.15, 0.2) is 12.2 Å². The molecule has 1 saturated heterocycles. The molecule has 0 radical (unpaired) electrons. The summed E-state index contributed by atoms with van der Waals surface area (Å²) in [5, 5.41) is 0. The summed E-state index contributed by atoms with van der Waals surface area (Å²) >= 11 is 1.54. The van der Waals surface area contributed by atoms with E-state index in [1.807, 2.05) is 128 Å². The average molecular weight is 641 g/mol. The molecule has 46 heavy (non-hydrogen) atoms. The van der Waals surface area contributed by atoms with Crippen molar-refractivity contribution in [1.29, 1.82) is 0 Å². The molecule has 0 N–H and O–H groups in total. The molecule has 5 unspecified atom stereocenters. The number of hydrogen-bond acceptors (Lipinski definition) is 8. The first-order chi connectivity index (χ1) is 22.4. The Labute approximate surface area is 275 Å². The van der Waals surface area contributed by atoms with Crippen LogP contribution in [0, 0.1) is 0 Å². The maximum Gasteiger partial charge on any atom is 0.303 e. The zero-order valence-corrected chi connectivity index (χ0v) is 27.1. The molecule has 0 aromatic heterocycles. The largest absolute Gasteiger partial charge is 0.456 e. The highest BCUT2D eigenvalue weighted by molar-refractivity contribution is 7.99. The Morgan fingerprint density at radius 2 is 1.13 bits per heavy atom. The molecule has 240 valence electrons. The second-order valence-corrected chi connectivity index (χ2v) is 12.4. The molecule has 7 nitrogen and oxygen atoms in total. The Bertz CT molecular complexity index is 1420. The second kappa shape index (κ2) is 16.1. The summed E-state index contributed by atoms with van der Waals surface area (Å²) < 4.78 is 32.0. The third kappa shape index (κ3) is 7.88. The SMILES string of the molecule is CCSC1OC(COC(c2ccccc2)(c2ccccc2)c2ccccc2)C(OC(C)=O)C(OC(C)=O)C1OCc1ccccc1. The number of thioether (sulfide) groups is 1. The van der Waals surface area contributed by atoms with Crippen LogP contribution in [0.15, 0.2) is 121 Å². The van der Waals surface area contributed by atoms with Crippen LogP contribution >= 0.6 is 11.8 Å². The van der Waals surface area contributed by atoms with E-state index < -0.39 is 47.4 Å². The molecule has 4 aromatic rings. The van der Waals surface area contributed by atoms with Gasteiger partial charge in [0.05, 0.1) is 13.2 Å². The van der Waals surface area contributed by atoms with Crippen molar-refractivity contribution < 1.29 is 33.3 Å². The van der Waals surface area contributed by atoms with Crippen molar-refractivity contribution in [2.45, 2.75) is 62.8 Å². The fourth-order valence-corrected chi connectivity index (χ4v) is 6.86. The van der Waals surface area contributed by atoms with Crippen molar-refractivity contribution in [3.63, 3.8) is 0 Å². The fourth-order valence-electron chi connectivity index (χ4n) is 5.89. The number of ether oxygens (including phenoxy) is 5. The molecule has 8 heteroatoms. The maximum atomic E-state index is 12.5. The van der Waals surface area contributed by atoms with Gasteiger partial charge in [0.25, 0.3) is 0 Å². The van der Waals surface area contributed by atoms with Crippen LogP contribution in [0.5, 0.6) is 0 Å². The molecule has 5 atom stereocenters. The summed E-state index contributed by atoms with van der Waals surface area (Å²) in [7, 11) is 0. The molecule has 1 fully saturated rings. The highest BCUT2D eigenvalue weighted by Gasteiger charge is 2.52. The van der Waals surface area contributed by atoms with Gasteiger partial charge in [0.2, 0.25) is 0 Å². The molecule has 0 bridgehead atoms. The molecule has 0 aliphatic carbocycles. The highest BCUT2D eigenvalue weighted by atomic mass is 32.2. The minimum atomic E-state index is -1.03. The van der Waals surface area contributed by atoms with Crippen molar-refractivity contribution in [3.8, 4) is 0 Å². The average Bonchev–Trinajstić information content (AvgIpc) is 3.08. The minimum Gasteiger partial charge on any atom is -0.456 e. The predicted octanol–water partition coefficient (Wildman–Crippen LogP) is 6.92. The fraction of sp³-hybridized carbons (Fsp3) is 0.316. The summed E-state index contributed by atoms with van der Waals surface area (Å²) in [4.78, 5) is 25.1. The number of esters is 2. The molecule has 0 saturated carbocycles. The van der Waals surface area contributed by atoms with Gasteiger partial charge in [-0.1, -0.05) is 128 Å². The third-order valence-electron chi connectivity index (χ3n) is 7.82. The van der Waals surface area contributed by atoms with Gasteiger partial charge >= 0.3 is 11.9 Å². The first-order valence-electron chi connectivity index (χ1n) is 15.5. The van der Waals surface area contributed by atoms with E-state index in [9.17, 15) is 9.59 Å². The Morgan fingerprint density at radius 3 is 1.59 bits per heavy atom. The van der Waals surface area contributed by atoms with Gasteiger partial charge in [0.1, 0.15) is 23.2 Å². The maximum absolute atomic E-state index is 12.5. The van der Waals surface area contributed by atoms with E-state index in [0.29, 0.717) is 0 Å². The Morgan fingerprint density at radius 1 is 0.674 bits per heavy atom. The van der Waals surface area contributed by atoms with Gasteiger partial charge in [-0.2, -0.15) is 0 Å². The van der Waals surface area contributed by atoms with Crippen molar-refractivity contribution in [3.05, 3.63) is 144 Å². The molecule has 1 aliphatic rings. The van der Waals surface area contributed by atoms with Gasteiger partial charge in [0, 0.05) is 13.8 Å². The lowest BCUT2D eigenvalue weighted by atomic mass is 9.80. The summed E-state index contributed by atoms with van der Waals surface area (Å²) in [6.45, 7) is 4.98. The van der Waals surface area contributed by atoms with E-state index in [2.05, 4.69) is 0 Å². The van der Waals surface area contributed by atoms with Crippen molar-refractivity contribution in [2.75, 3.05) is 12.4 Å². The molecular formula is C38H40O7S. The summed E-state index contributed by atoms with van der Waals surface area (Å²) in [6.07, 6.45) is -3.42. The van der Waals surface area contributed by atoms with Crippen LogP contribution in [0.4, 0.5) is 0 Å². The zero-order chi connectivity index (χ0) is 32.4. The monoisotopic (exact) mass is 640 g/mol. The number of carbonyl (C=O) groups excluding carboxylic acids is 2. The van der Waals surface area contributed by atoms with Crippen LogP contribution in [0.3, 0.4) is 0 Å². The summed E-state index contributed by atoms with van der Waals surface area (Å²) in [5.74, 6) is -0.319. The molecule has 4 aromatic carbocycles. The molecule has 0 spiro atoms. The first kappa shape index (κ1) is 33.4. The van der Waals surface area contributed by atoms with Crippen molar-refractivity contribution in [2.24, 2.45) is 0 Å². The van der Waals surface area contributed by atoms with Gasteiger partial charge in [-0.15, -0.1) is 11.8 Å². The van der Waals surface area contributed by atoms with E-state index in [1.54, 1.807) is 0 Å². The third-order valence-corrected chi connectivity index (χ3v) is 8.86. The topological polar surface area (TPSA) is 80.3 Å². The lowest BCUT2D eigenvalue weighted by Gasteiger charge is -2.46. The predicted molar refractivity (Wildman–Crippen MR) is 178 cm³/mol. The van der Waals surface area contributed by atoms with E-state index in [1.165, 1.54) is 25.6 Å². The normalized spacial score (nSPS) is 21.3. The van der Waals surface area contributed by atoms with Crippen LogP contribution in [0.25, 0.3) is 0 Å². The second-order valence-electron chi connectivity index (χ2n) is 11.0. The molecule has 1 aliphatic heterocycles. The number of benzene rings is 4. The molecule has 1 heterocycles. The van der Waals surface area contributed by atoms with Crippen LogP contribution in [0.2, 0.25) is 0 Å². The summed E-state index contributed by atoms with van der Waals surface area (Å²) in [6, 6.07) is 39.8. The van der Waals surface area contributed by atoms with Crippen molar-refractivity contribution in [1.82, 2.24) is 0 Å². The lowest BCUT2D eigenvalue weighted by Crippen LogP contribution is -2.61. The van der Waals surface area contributed by atoms with Gasteiger partial charge in [-0.3, -0.25) is 9.59 Å².